The maximum atomic E-state index is 10.6. The van der Waals surface area contributed by atoms with Crippen LogP contribution in [0.5, 0.6) is 0 Å². The second-order valence-corrected chi connectivity index (χ2v) is 3.50. The van der Waals surface area contributed by atoms with E-state index in [4.69, 9.17) is 15.2 Å². The van der Waals surface area contributed by atoms with Gasteiger partial charge in [-0.1, -0.05) is 0 Å². The molecule has 86 valence electrons. The Hall–Kier alpha value is -1.66. The standard InChI is InChI=1S/C10H12N2O4/c11-8-6-7(2-3-9(8)12(13)14)10-15-4-1-5-16-10/h2-3,6,10H,1,4-5,11H2. The van der Waals surface area contributed by atoms with Crippen LogP contribution in [0.1, 0.15) is 18.3 Å². The quantitative estimate of drug-likeness (QED) is 0.468. The van der Waals surface area contributed by atoms with Gasteiger partial charge in [0, 0.05) is 11.6 Å². The number of ether oxygens (including phenoxy) is 2. The average molecular weight is 224 g/mol. The highest BCUT2D eigenvalue weighted by Gasteiger charge is 2.19. The number of benzene rings is 1. The van der Waals surface area contributed by atoms with Crippen molar-refractivity contribution in [2.45, 2.75) is 12.7 Å². The second-order valence-electron chi connectivity index (χ2n) is 3.50. The van der Waals surface area contributed by atoms with Gasteiger partial charge in [0.25, 0.3) is 5.69 Å². The van der Waals surface area contributed by atoms with Crippen LogP contribution in [-0.4, -0.2) is 18.1 Å². The molecule has 1 aromatic rings. The maximum Gasteiger partial charge on any atom is 0.292 e. The largest absolute Gasteiger partial charge is 0.393 e. The van der Waals surface area contributed by atoms with Crippen molar-refractivity contribution in [3.8, 4) is 0 Å². The van der Waals surface area contributed by atoms with Crippen molar-refractivity contribution in [1.82, 2.24) is 0 Å². The highest BCUT2D eigenvalue weighted by Crippen LogP contribution is 2.28. The smallest absolute Gasteiger partial charge is 0.292 e. The summed E-state index contributed by atoms with van der Waals surface area (Å²) in [7, 11) is 0. The topological polar surface area (TPSA) is 87.6 Å². The first-order valence-corrected chi connectivity index (χ1v) is 4.95. The molecule has 0 amide bonds. The minimum atomic E-state index is -0.512. The molecule has 6 nitrogen and oxygen atoms in total. The van der Waals surface area contributed by atoms with E-state index in [1.807, 2.05) is 0 Å². The molecular weight excluding hydrogens is 212 g/mol. The van der Waals surface area contributed by atoms with Crippen LogP contribution in [0, 0.1) is 10.1 Å². The molecule has 1 heterocycles. The molecule has 0 bridgehead atoms. The van der Waals surface area contributed by atoms with Crippen LogP contribution in [0.2, 0.25) is 0 Å². The van der Waals surface area contributed by atoms with Gasteiger partial charge in [-0.25, -0.2) is 0 Å². The molecule has 0 atom stereocenters. The van der Waals surface area contributed by atoms with E-state index in [0.29, 0.717) is 18.8 Å². The lowest BCUT2D eigenvalue weighted by Gasteiger charge is -2.23. The van der Waals surface area contributed by atoms with Crippen molar-refractivity contribution in [3.05, 3.63) is 33.9 Å². The molecule has 1 saturated heterocycles. The fraction of sp³-hybridized carbons (Fsp3) is 0.400. The molecule has 0 aliphatic carbocycles. The summed E-state index contributed by atoms with van der Waals surface area (Å²) in [6.07, 6.45) is 0.399. The Morgan fingerprint density at radius 1 is 1.38 bits per heavy atom. The molecule has 1 aromatic carbocycles. The van der Waals surface area contributed by atoms with Crippen LogP contribution in [0.3, 0.4) is 0 Å². The van der Waals surface area contributed by atoms with Crippen LogP contribution >= 0.6 is 0 Å². The van der Waals surface area contributed by atoms with Gasteiger partial charge in [-0.3, -0.25) is 10.1 Å². The third-order valence-electron chi connectivity index (χ3n) is 2.35. The fourth-order valence-electron chi connectivity index (χ4n) is 1.57. The number of hydrogen-bond acceptors (Lipinski definition) is 5. The minimum absolute atomic E-state index is 0.0976. The molecule has 6 heteroatoms. The molecule has 16 heavy (non-hydrogen) atoms. The fourth-order valence-corrected chi connectivity index (χ4v) is 1.57. The Morgan fingerprint density at radius 2 is 2.06 bits per heavy atom. The number of nitro groups is 1. The van der Waals surface area contributed by atoms with Crippen LogP contribution in [0.15, 0.2) is 18.2 Å². The van der Waals surface area contributed by atoms with Gasteiger partial charge < -0.3 is 15.2 Å². The lowest BCUT2D eigenvalue weighted by atomic mass is 10.1. The van der Waals surface area contributed by atoms with Gasteiger partial charge in [-0.15, -0.1) is 0 Å². The predicted molar refractivity (Wildman–Crippen MR) is 56.8 cm³/mol. The van der Waals surface area contributed by atoms with E-state index < -0.39 is 11.2 Å². The van der Waals surface area contributed by atoms with Crippen LogP contribution in [0.4, 0.5) is 11.4 Å². The number of hydrogen-bond donors (Lipinski definition) is 1. The molecule has 2 rings (SSSR count). The zero-order valence-electron chi connectivity index (χ0n) is 8.59. The Balaban J connectivity index is 2.23. The van der Waals surface area contributed by atoms with Gasteiger partial charge in [-0.2, -0.15) is 0 Å². The first-order valence-electron chi connectivity index (χ1n) is 4.95. The number of anilines is 1. The molecule has 0 aromatic heterocycles. The van der Waals surface area contributed by atoms with Crippen LogP contribution in [-0.2, 0) is 9.47 Å². The summed E-state index contributed by atoms with van der Waals surface area (Å²) in [5, 5.41) is 10.6. The van der Waals surface area contributed by atoms with Crippen molar-refractivity contribution >= 4 is 11.4 Å². The van der Waals surface area contributed by atoms with E-state index in [9.17, 15) is 10.1 Å². The highest BCUT2D eigenvalue weighted by atomic mass is 16.7. The lowest BCUT2D eigenvalue weighted by molar-refractivity contribution is -0.383. The third-order valence-corrected chi connectivity index (χ3v) is 2.35. The molecule has 0 radical (unpaired) electrons. The molecule has 0 spiro atoms. The van der Waals surface area contributed by atoms with Gasteiger partial charge in [0.05, 0.1) is 18.1 Å². The zero-order chi connectivity index (χ0) is 11.5. The highest BCUT2D eigenvalue weighted by molar-refractivity contribution is 5.59. The molecule has 1 fully saturated rings. The van der Waals surface area contributed by atoms with E-state index in [1.165, 1.54) is 12.1 Å². The number of rotatable bonds is 2. The summed E-state index contributed by atoms with van der Waals surface area (Å²) in [5.41, 5.74) is 6.31. The second kappa shape index (κ2) is 4.46. The predicted octanol–water partition coefficient (Wildman–Crippen LogP) is 1.61. The van der Waals surface area contributed by atoms with Crippen molar-refractivity contribution < 1.29 is 14.4 Å². The zero-order valence-corrected chi connectivity index (χ0v) is 8.59. The minimum Gasteiger partial charge on any atom is -0.393 e. The summed E-state index contributed by atoms with van der Waals surface area (Å²) < 4.78 is 10.7. The van der Waals surface area contributed by atoms with E-state index in [2.05, 4.69) is 0 Å². The third kappa shape index (κ3) is 2.12. The van der Waals surface area contributed by atoms with Gasteiger partial charge in [0.1, 0.15) is 5.69 Å². The van der Waals surface area contributed by atoms with E-state index in [0.717, 1.165) is 6.42 Å². The summed E-state index contributed by atoms with van der Waals surface area (Å²) in [5.74, 6) is 0. The summed E-state index contributed by atoms with van der Waals surface area (Å²) in [4.78, 5) is 10.1. The van der Waals surface area contributed by atoms with E-state index in [1.54, 1.807) is 6.07 Å². The first kappa shape index (κ1) is 10.8. The number of nitro benzene ring substituents is 1. The summed E-state index contributed by atoms with van der Waals surface area (Å²) in [6.45, 7) is 1.25. The molecule has 2 N–H and O–H groups in total. The van der Waals surface area contributed by atoms with Gasteiger partial charge >= 0.3 is 0 Å². The Morgan fingerprint density at radius 3 is 2.62 bits per heavy atom. The van der Waals surface area contributed by atoms with Crippen molar-refractivity contribution in [1.29, 1.82) is 0 Å². The van der Waals surface area contributed by atoms with Crippen LogP contribution < -0.4 is 5.73 Å². The average Bonchev–Trinajstić information content (AvgIpc) is 2.29. The number of nitrogen functional groups attached to an aromatic ring is 1. The molecule has 1 aliphatic heterocycles. The van der Waals surface area contributed by atoms with Crippen LogP contribution in [0.25, 0.3) is 0 Å². The Labute approximate surface area is 92.1 Å². The normalized spacial score (nSPS) is 17.2. The Kier molecular flexibility index (Phi) is 3.02. The number of nitrogens with zero attached hydrogens (tertiary/aromatic N) is 1. The molecule has 0 unspecified atom stereocenters. The van der Waals surface area contributed by atoms with Crippen molar-refractivity contribution in [2.24, 2.45) is 0 Å². The summed E-state index contributed by atoms with van der Waals surface area (Å²) in [6, 6.07) is 4.49. The number of nitrogens with two attached hydrogens (primary N) is 1. The van der Waals surface area contributed by atoms with Crippen molar-refractivity contribution in [2.75, 3.05) is 18.9 Å². The first-order chi connectivity index (χ1) is 7.68. The Bertz CT molecular complexity index is 402. The van der Waals surface area contributed by atoms with Gasteiger partial charge in [0.15, 0.2) is 6.29 Å². The monoisotopic (exact) mass is 224 g/mol. The molecule has 0 saturated carbocycles. The molecular formula is C10H12N2O4. The van der Waals surface area contributed by atoms with Crippen molar-refractivity contribution in [3.63, 3.8) is 0 Å². The maximum absolute atomic E-state index is 10.6. The van der Waals surface area contributed by atoms with Gasteiger partial charge in [-0.05, 0) is 18.6 Å². The molecule has 1 aliphatic rings. The summed E-state index contributed by atoms with van der Waals surface area (Å²) >= 11 is 0. The van der Waals surface area contributed by atoms with E-state index >= 15 is 0 Å². The SMILES string of the molecule is Nc1cc(C2OCCCO2)ccc1[N+](=O)[O-]. The van der Waals surface area contributed by atoms with E-state index in [-0.39, 0.29) is 11.4 Å². The lowest BCUT2D eigenvalue weighted by Crippen LogP contribution is -2.17. The van der Waals surface area contributed by atoms with Gasteiger partial charge in [0.2, 0.25) is 0 Å².